The number of hydrogen-bond acceptors (Lipinski definition) is 8. The fourth-order valence-corrected chi connectivity index (χ4v) is 4.27. The topological polar surface area (TPSA) is 134 Å². The number of carbonyl (C=O) groups excluding carboxylic acids is 1. The molecule has 3 rings (SSSR count). The molecular formula is C21H23N7O3S2. The molecule has 2 aromatic heterocycles. The molecule has 12 heteroatoms. The van der Waals surface area contributed by atoms with Crippen LogP contribution in [-0.4, -0.2) is 32.8 Å². The van der Waals surface area contributed by atoms with E-state index in [4.69, 9.17) is 0 Å². The average molecular weight is 486 g/mol. The van der Waals surface area contributed by atoms with Gasteiger partial charge in [0.15, 0.2) is 11.6 Å². The number of nitrogens with one attached hydrogen (secondary N) is 4. The molecule has 0 spiro atoms. The number of aromatic nitrogens is 4. The third-order valence-corrected chi connectivity index (χ3v) is 6.51. The molecule has 0 aliphatic heterocycles. The van der Waals surface area contributed by atoms with Gasteiger partial charge in [0, 0.05) is 12.7 Å². The number of allylic oxidation sites excluding steroid dienone is 2. The summed E-state index contributed by atoms with van der Waals surface area (Å²) in [5.41, 5.74) is 0.00292. The maximum Gasteiger partial charge on any atom is 0.334 e. The van der Waals surface area contributed by atoms with Crippen molar-refractivity contribution in [1.82, 2.24) is 24.5 Å². The van der Waals surface area contributed by atoms with Gasteiger partial charge in [-0.05, 0) is 60.5 Å². The number of aromatic amines is 1. The lowest BCUT2D eigenvalue weighted by atomic mass is 10.2. The van der Waals surface area contributed by atoms with Gasteiger partial charge in [0.2, 0.25) is 0 Å². The number of thioether (sulfide) groups is 1. The largest absolute Gasteiger partial charge is 0.388 e. The molecule has 0 radical (unpaired) electrons. The number of fused-ring (bicyclic) bond motifs is 1. The minimum absolute atomic E-state index is 0.0319. The number of anilines is 2. The van der Waals surface area contributed by atoms with Crippen LogP contribution in [0.3, 0.4) is 0 Å². The smallest absolute Gasteiger partial charge is 0.334 e. The fourth-order valence-electron chi connectivity index (χ4n) is 2.84. The van der Waals surface area contributed by atoms with Gasteiger partial charge in [0.05, 0.1) is 15.1 Å². The van der Waals surface area contributed by atoms with Crippen molar-refractivity contribution in [2.45, 2.75) is 20.3 Å². The van der Waals surface area contributed by atoms with Crippen LogP contribution < -0.4 is 26.6 Å². The number of rotatable bonds is 8. The number of nitrogens with zero attached hydrogens (tertiary/aromatic N) is 3. The molecule has 2 amide bonds. The summed E-state index contributed by atoms with van der Waals surface area (Å²) in [6, 6.07) is 7.39. The Hall–Kier alpha value is -3.51. The first-order valence-electron chi connectivity index (χ1n) is 9.93. The molecular weight excluding hydrogens is 462 g/mol. The molecule has 1 aromatic carbocycles. The minimum atomic E-state index is -0.645. The zero-order valence-electron chi connectivity index (χ0n) is 18.3. The third-order valence-electron chi connectivity index (χ3n) is 4.48. The van der Waals surface area contributed by atoms with E-state index >= 15 is 0 Å². The summed E-state index contributed by atoms with van der Waals surface area (Å²) < 4.78 is 4.23. The van der Waals surface area contributed by atoms with Gasteiger partial charge in [-0.3, -0.25) is 14.8 Å². The van der Waals surface area contributed by atoms with Crippen molar-refractivity contribution in [3.05, 3.63) is 73.0 Å². The molecule has 0 unspecified atom stereocenters. The minimum Gasteiger partial charge on any atom is -0.388 e. The molecule has 0 fully saturated rings. The van der Waals surface area contributed by atoms with Crippen molar-refractivity contribution in [2.75, 3.05) is 17.7 Å². The van der Waals surface area contributed by atoms with Crippen molar-refractivity contribution in [2.24, 2.45) is 0 Å². The highest BCUT2D eigenvalue weighted by Crippen LogP contribution is 2.32. The van der Waals surface area contributed by atoms with Gasteiger partial charge in [-0.25, -0.2) is 14.2 Å². The van der Waals surface area contributed by atoms with Crippen LogP contribution in [0.2, 0.25) is 0 Å². The second kappa shape index (κ2) is 10.9. The lowest BCUT2D eigenvalue weighted by Gasteiger charge is -2.09. The van der Waals surface area contributed by atoms with Gasteiger partial charge in [-0.1, -0.05) is 31.3 Å². The van der Waals surface area contributed by atoms with E-state index in [1.165, 1.54) is 23.9 Å². The predicted octanol–water partition coefficient (Wildman–Crippen LogP) is 3.80. The van der Waals surface area contributed by atoms with Crippen molar-refractivity contribution >= 4 is 52.1 Å². The van der Waals surface area contributed by atoms with Crippen molar-refractivity contribution in [3.63, 3.8) is 0 Å². The van der Waals surface area contributed by atoms with Gasteiger partial charge >= 0.3 is 11.7 Å². The van der Waals surface area contributed by atoms with Gasteiger partial charge in [0.25, 0.3) is 5.56 Å². The van der Waals surface area contributed by atoms with E-state index in [1.54, 1.807) is 25.2 Å². The van der Waals surface area contributed by atoms with E-state index in [0.29, 0.717) is 10.9 Å². The monoisotopic (exact) mass is 485 g/mol. The Morgan fingerprint density at radius 2 is 2.03 bits per heavy atom. The Balaban J connectivity index is 1.71. The highest BCUT2D eigenvalue weighted by atomic mass is 32.2. The number of hydrogen-bond donors (Lipinski definition) is 4. The second-order valence-electron chi connectivity index (χ2n) is 6.60. The molecule has 4 N–H and O–H groups in total. The van der Waals surface area contributed by atoms with Crippen LogP contribution in [0.1, 0.15) is 20.3 Å². The van der Waals surface area contributed by atoms with Crippen LogP contribution in [0.25, 0.3) is 16.7 Å². The first-order valence-corrected chi connectivity index (χ1v) is 11.6. The third kappa shape index (κ3) is 5.84. The van der Waals surface area contributed by atoms with Crippen LogP contribution in [-0.2, 0) is 0 Å². The van der Waals surface area contributed by atoms with Crippen molar-refractivity contribution in [3.8, 4) is 5.82 Å². The molecule has 0 atom stereocenters. The number of amides is 2. The zero-order valence-corrected chi connectivity index (χ0v) is 19.9. The average Bonchev–Trinajstić information content (AvgIpc) is 2.81. The normalized spacial score (nSPS) is 11.3. The van der Waals surface area contributed by atoms with E-state index < -0.39 is 17.3 Å². The highest BCUT2D eigenvalue weighted by molar-refractivity contribution is 8.23. The summed E-state index contributed by atoms with van der Waals surface area (Å²) in [6.45, 7) is 7.90. The van der Waals surface area contributed by atoms with Gasteiger partial charge < -0.3 is 10.3 Å². The first-order chi connectivity index (χ1) is 15.9. The van der Waals surface area contributed by atoms with Crippen molar-refractivity contribution in [1.29, 1.82) is 0 Å². The number of urea groups is 1. The lowest BCUT2D eigenvalue weighted by Crippen LogP contribution is -2.34. The van der Waals surface area contributed by atoms with E-state index in [2.05, 4.69) is 37.1 Å². The Morgan fingerprint density at radius 3 is 2.67 bits per heavy atom. The quantitative estimate of drug-likeness (QED) is 0.354. The van der Waals surface area contributed by atoms with Crippen LogP contribution in [0.5, 0.6) is 0 Å². The van der Waals surface area contributed by atoms with Crippen LogP contribution in [0.15, 0.2) is 61.7 Å². The molecule has 0 saturated heterocycles. The highest BCUT2D eigenvalue weighted by Gasteiger charge is 2.12. The standard InChI is InChI=1S/C21H23N7O3S2/c1-5-14(6-2)32-12(3)33-27-20(30)24-17-9-10-18(26-25-17)28-19(29)15-8-7-13(22-4)11-16(15)23-21(28)31/h5,7-11,22H,3,6H2,1-2,4H3,(H,23,31)(H2,24,25,27,30)/b14-5-. The van der Waals surface area contributed by atoms with E-state index in [9.17, 15) is 14.4 Å². The molecule has 2 heterocycles. The Bertz CT molecular complexity index is 1330. The molecule has 0 bridgehead atoms. The molecule has 3 aromatic rings. The lowest BCUT2D eigenvalue weighted by molar-refractivity contribution is 0.257. The maximum atomic E-state index is 12.8. The Labute approximate surface area is 198 Å². The van der Waals surface area contributed by atoms with Gasteiger partial charge in [-0.15, -0.1) is 10.2 Å². The number of H-pyrrole nitrogens is 1. The molecule has 0 aliphatic rings. The number of carbonyl (C=O) groups is 1. The summed E-state index contributed by atoms with van der Waals surface area (Å²) in [5.74, 6) is 0.186. The van der Waals surface area contributed by atoms with Crippen molar-refractivity contribution < 1.29 is 4.79 Å². The first kappa shape index (κ1) is 24.1. The van der Waals surface area contributed by atoms with E-state index in [0.717, 1.165) is 37.8 Å². The summed E-state index contributed by atoms with van der Waals surface area (Å²) >= 11 is 2.58. The van der Waals surface area contributed by atoms with E-state index in [1.807, 2.05) is 19.9 Å². The van der Waals surface area contributed by atoms with E-state index in [-0.39, 0.29) is 11.6 Å². The van der Waals surface area contributed by atoms with Gasteiger partial charge in [0.1, 0.15) is 0 Å². The molecule has 0 saturated carbocycles. The number of benzene rings is 1. The summed E-state index contributed by atoms with van der Waals surface area (Å²) in [6.07, 6.45) is 2.88. The molecule has 10 nitrogen and oxygen atoms in total. The molecule has 0 aliphatic carbocycles. The second-order valence-corrected chi connectivity index (χ2v) is 8.98. The zero-order chi connectivity index (χ0) is 24.0. The Kier molecular flexibility index (Phi) is 7.96. The summed E-state index contributed by atoms with van der Waals surface area (Å²) in [7, 11) is 1.74. The van der Waals surface area contributed by atoms with Gasteiger partial charge in [-0.2, -0.15) is 0 Å². The van der Waals surface area contributed by atoms with Crippen LogP contribution in [0.4, 0.5) is 16.3 Å². The molecule has 172 valence electrons. The maximum absolute atomic E-state index is 12.8. The summed E-state index contributed by atoms with van der Waals surface area (Å²) in [4.78, 5) is 41.3. The summed E-state index contributed by atoms with van der Waals surface area (Å²) in [5, 5.41) is 13.6. The van der Waals surface area contributed by atoms with Crippen LogP contribution in [0, 0.1) is 0 Å². The van der Waals surface area contributed by atoms with Crippen LogP contribution >= 0.6 is 23.7 Å². The SMILES string of the molecule is C=C(SNC(=O)Nc1ccc(-n2c(=O)[nH]c3cc(NC)ccc3c2=O)nn1)S/C(=C\C)CC. The predicted molar refractivity (Wildman–Crippen MR) is 136 cm³/mol. The molecule has 33 heavy (non-hydrogen) atoms. The Morgan fingerprint density at radius 1 is 1.24 bits per heavy atom. The fraction of sp³-hybridized carbons (Fsp3) is 0.190.